The minimum atomic E-state index is -4.76. The molecule has 1 fully saturated rings. The Morgan fingerprint density at radius 1 is 1.20 bits per heavy atom. The highest BCUT2D eigenvalue weighted by Gasteiger charge is 2.39. The molecular weight excluding hydrogens is 413 g/mol. The summed E-state index contributed by atoms with van der Waals surface area (Å²) in [6.07, 6.45) is -6.39. The van der Waals surface area contributed by atoms with E-state index in [-0.39, 0.29) is 23.6 Å². The summed E-state index contributed by atoms with van der Waals surface area (Å²) in [6.45, 7) is -0.494. The maximum atomic E-state index is 13.2. The Labute approximate surface area is 166 Å². The van der Waals surface area contributed by atoms with Crippen LogP contribution in [0.15, 0.2) is 33.5 Å². The first kappa shape index (κ1) is 20.4. The molecule has 3 aromatic rings. The van der Waals surface area contributed by atoms with Crippen LogP contribution in [0.2, 0.25) is 0 Å². The fraction of sp³-hybridized carbons (Fsp3) is 0.444. The molecule has 3 heterocycles. The lowest BCUT2D eigenvalue weighted by Gasteiger charge is -2.25. The van der Waals surface area contributed by atoms with Crippen LogP contribution in [0, 0.1) is 0 Å². The molecule has 0 radical (unpaired) electrons. The fourth-order valence-corrected chi connectivity index (χ4v) is 3.67. The summed E-state index contributed by atoms with van der Waals surface area (Å²) in [5.41, 5.74) is -0.216. The molecule has 1 aliphatic rings. The van der Waals surface area contributed by atoms with E-state index in [0.717, 1.165) is 4.57 Å². The van der Waals surface area contributed by atoms with Gasteiger partial charge in [-0.1, -0.05) is 12.1 Å². The van der Waals surface area contributed by atoms with Crippen molar-refractivity contribution in [2.45, 2.75) is 44.6 Å². The highest BCUT2D eigenvalue weighted by atomic mass is 19.4. The van der Waals surface area contributed by atoms with Crippen molar-refractivity contribution in [3.8, 4) is 0 Å². The molecule has 0 N–H and O–H groups in total. The van der Waals surface area contributed by atoms with Gasteiger partial charge in [-0.2, -0.15) is 13.2 Å². The van der Waals surface area contributed by atoms with E-state index in [2.05, 4.69) is 19.6 Å². The largest absolute Gasteiger partial charge is 0.470 e. The third-order valence-corrected chi connectivity index (χ3v) is 4.92. The molecule has 1 unspecified atom stereocenters. The number of halogens is 5. The molecule has 1 atom stereocenters. The molecule has 0 aliphatic carbocycles. The fourth-order valence-electron chi connectivity index (χ4n) is 3.67. The van der Waals surface area contributed by atoms with Gasteiger partial charge < -0.3 is 4.42 Å². The molecule has 1 saturated heterocycles. The number of nitrogens with zero attached hydrogens (tertiary/aromatic N) is 5. The number of hydrogen-bond acceptors (Lipinski definition) is 6. The molecule has 7 nitrogen and oxygen atoms in total. The number of alkyl halides is 5. The number of rotatable bonds is 5. The van der Waals surface area contributed by atoms with E-state index in [4.69, 9.17) is 0 Å². The maximum absolute atomic E-state index is 13.2. The lowest BCUT2D eigenvalue weighted by Crippen LogP contribution is -2.33. The van der Waals surface area contributed by atoms with Crippen molar-refractivity contribution in [3.05, 3.63) is 52.2 Å². The molecule has 0 bridgehead atoms. The smallest absolute Gasteiger partial charge is 0.416 e. The molecule has 4 rings (SSSR count). The second-order valence-electron chi connectivity index (χ2n) is 6.92. The highest BCUT2D eigenvalue weighted by Crippen LogP contribution is 2.33. The molecule has 0 saturated carbocycles. The summed E-state index contributed by atoms with van der Waals surface area (Å²) in [7, 11) is 0. The number of hydrogen-bond donors (Lipinski definition) is 0. The summed E-state index contributed by atoms with van der Waals surface area (Å²) in [5, 5.41) is 6.65. The lowest BCUT2D eigenvalue weighted by atomic mass is 10.1. The average molecular weight is 429 g/mol. The second kappa shape index (κ2) is 7.74. The Kier molecular flexibility index (Phi) is 5.26. The maximum Gasteiger partial charge on any atom is 0.470 e. The summed E-state index contributed by atoms with van der Waals surface area (Å²) < 4.78 is 70.1. The van der Waals surface area contributed by atoms with E-state index < -0.39 is 36.6 Å². The Hall–Kier alpha value is -2.89. The lowest BCUT2D eigenvalue weighted by molar-refractivity contribution is -0.157. The standard InChI is InChI=1S/C18H16F5N5O2/c19-13(20)8-28-15(24-11-5-2-1-4-10(11)16(28)29)12-6-3-7-27(12)9-14-25-26-17(30-14)18(21,22)23/h1-2,4-5,12-13H,3,6-9H2. The molecule has 0 spiro atoms. The van der Waals surface area contributed by atoms with E-state index in [0.29, 0.717) is 24.9 Å². The van der Waals surface area contributed by atoms with Crippen LogP contribution in [0.1, 0.15) is 36.5 Å². The summed E-state index contributed by atoms with van der Waals surface area (Å²) in [5.74, 6) is -1.56. The van der Waals surface area contributed by atoms with Gasteiger partial charge in [0.2, 0.25) is 5.89 Å². The van der Waals surface area contributed by atoms with E-state index >= 15 is 0 Å². The second-order valence-corrected chi connectivity index (χ2v) is 6.92. The van der Waals surface area contributed by atoms with Crippen molar-refractivity contribution in [1.82, 2.24) is 24.6 Å². The zero-order valence-corrected chi connectivity index (χ0v) is 15.4. The van der Waals surface area contributed by atoms with Crippen LogP contribution in [0.5, 0.6) is 0 Å². The van der Waals surface area contributed by atoms with E-state index in [1.165, 1.54) is 6.07 Å². The molecule has 12 heteroatoms. The van der Waals surface area contributed by atoms with E-state index in [9.17, 15) is 26.7 Å². The van der Waals surface area contributed by atoms with Gasteiger partial charge in [0.15, 0.2) is 0 Å². The van der Waals surface area contributed by atoms with Gasteiger partial charge in [0, 0.05) is 0 Å². The van der Waals surface area contributed by atoms with Crippen molar-refractivity contribution >= 4 is 10.9 Å². The molecule has 1 aromatic carbocycles. The molecule has 2 aromatic heterocycles. The Morgan fingerprint density at radius 3 is 2.67 bits per heavy atom. The van der Waals surface area contributed by atoms with Gasteiger partial charge >= 0.3 is 12.1 Å². The first-order chi connectivity index (χ1) is 14.2. The minimum absolute atomic E-state index is 0.120. The quantitative estimate of drug-likeness (QED) is 0.579. The van der Waals surface area contributed by atoms with Crippen molar-refractivity contribution in [2.24, 2.45) is 0 Å². The molecular formula is C18H16F5N5O2. The van der Waals surface area contributed by atoms with Gasteiger partial charge in [0.05, 0.1) is 30.0 Å². The van der Waals surface area contributed by atoms with Crippen LogP contribution in [0.4, 0.5) is 22.0 Å². The Balaban J connectivity index is 1.71. The minimum Gasteiger partial charge on any atom is -0.416 e. The summed E-state index contributed by atoms with van der Waals surface area (Å²) in [4.78, 5) is 19.0. The normalized spacial score (nSPS) is 18.0. The van der Waals surface area contributed by atoms with Gasteiger partial charge in [0.1, 0.15) is 5.82 Å². The number of fused-ring (bicyclic) bond motifs is 1. The van der Waals surface area contributed by atoms with Crippen LogP contribution in [0.25, 0.3) is 10.9 Å². The van der Waals surface area contributed by atoms with Crippen molar-refractivity contribution in [3.63, 3.8) is 0 Å². The monoisotopic (exact) mass is 429 g/mol. The molecule has 30 heavy (non-hydrogen) atoms. The van der Waals surface area contributed by atoms with Crippen LogP contribution in [-0.2, 0) is 19.3 Å². The first-order valence-corrected chi connectivity index (χ1v) is 9.15. The third-order valence-electron chi connectivity index (χ3n) is 4.92. The molecule has 160 valence electrons. The van der Waals surface area contributed by atoms with Gasteiger partial charge in [-0.05, 0) is 31.5 Å². The van der Waals surface area contributed by atoms with Crippen LogP contribution in [0.3, 0.4) is 0 Å². The van der Waals surface area contributed by atoms with Crippen molar-refractivity contribution < 1.29 is 26.4 Å². The molecule has 0 amide bonds. The van der Waals surface area contributed by atoms with Crippen LogP contribution >= 0.6 is 0 Å². The highest BCUT2D eigenvalue weighted by molar-refractivity contribution is 5.77. The number of para-hydroxylation sites is 1. The number of aromatic nitrogens is 4. The number of benzene rings is 1. The predicted octanol–water partition coefficient (Wildman–Crippen LogP) is 3.40. The summed E-state index contributed by atoms with van der Waals surface area (Å²) in [6, 6.07) is 5.87. The summed E-state index contributed by atoms with van der Waals surface area (Å²) >= 11 is 0. The van der Waals surface area contributed by atoms with Crippen molar-refractivity contribution in [2.75, 3.05) is 6.54 Å². The first-order valence-electron chi connectivity index (χ1n) is 9.15. The average Bonchev–Trinajstić information content (AvgIpc) is 3.33. The van der Waals surface area contributed by atoms with Gasteiger partial charge in [-0.3, -0.25) is 14.3 Å². The van der Waals surface area contributed by atoms with Gasteiger partial charge in [0.25, 0.3) is 12.0 Å². The van der Waals surface area contributed by atoms with Crippen LogP contribution in [-0.4, -0.2) is 37.6 Å². The third kappa shape index (κ3) is 3.91. The van der Waals surface area contributed by atoms with Crippen LogP contribution < -0.4 is 5.56 Å². The number of likely N-dealkylation sites (tertiary alicyclic amines) is 1. The Morgan fingerprint density at radius 2 is 1.97 bits per heavy atom. The van der Waals surface area contributed by atoms with Gasteiger partial charge in [-0.15, -0.1) is 10.2 Å². The van der Waals surface area contributed by atoms with Gasteiger partial charge in [-0.25, -0.2) is 13.8 Å². The Bertz CT molecular complexity index is 1110. The predicted molar refractivity (Wildman–Crippen MR) is 93.7 cm³/mol. The zero-order chi connectivity index (χ0) is 21.5. The zero-order valence-electron chi connectivity index (χ0n) is 15.4. The SMILES string of the molecule is O=c1c2ccccc2nc(C2CCCN2Cc2nnc(C(F)(F)F)o2)n1CC(F)F. The van der Waals surface area contributed by atoms with E-state index in [1.807, 2.05) is 0 Å². The topological polar surface area (TPSA) is 77.1 Å². The molecule has 1 aliphatic heterocycles. The van der Waals surface area contributed by atoms with E-state index in [1.54, 1.807) is 23.1 Å². The van der Waals surface area contributed by atoms with Crippen molar-refractivity contribution in [1.29, 1.82) is 0 Å².